The summed E-state index contributed by atoms with van der Waals surface area (Å²) in [5, 5.41) is 3.74. The molecule has 1 N–H and O–H groups in total. The monoisotopic (exact) mass is 313 g/mol. The molecule has 98 valence electrons. The molecule has 4 nitrogen and oxygen atoms in total. The minimum Gasteiger partial charge on any atom is -0.320 e. The van der Waals surface area contributed by atoms with Crippen LogP contribution in [-0.2, 0) is 0 Å². The summed E-state index contributed by atoms with van der Waals surface area (Å²) in [5.74, 6) is -0.397. The van der Waals surface area contributed by atoms with E-state index in [4.69, 9.17) is 23.2 Å². The van der Waals surface area contributed by atoms with E-state index in [1.165, 1.54) is 18.0 Å². The second kappa shape index (κ2) is 6.23. The molecule has 0 atom stereocenters. The van der Waals surface area contributed by atoms with Crippen LogP contribution < -0.4 is 5.32 Å². The van der Waals surface area contributed by atoms with E-state index in [9.17, 15) is 4.79 Å². The summed E-state index contributed by atoms with van der Waals surface area (Å²) in [6.45, 7) is 0. The lowest BCUT2D eigenvalue weighted by Crippen LogP contribution is -2.14. The number of nitrogens with zero attached hydrogens (tertiary/aromatic N) is 2. The summed E-state index contributed by atoms with van der Waals surface area (Å²) < 4.78 is 0. The van der Waals surface area contributed by atoms with E-state index in [0.29, 0.717) is 15.9 Å². The topological polar surface area (TPSA) is 54.9 Å². The third kappa shape index (κ3) is 3.37. The van der Waals surface area contributed by atoms with Crippen molar-refractivity contribution in [2.24, 2.45) is 0 Å². The SMILES string of the molecule is CSc1ncc(C(=O)Nc2ccccc2Cl)c(Cl)n1. The Morgan fingerprint density at radius 2 is 2.05 bits per heavy atom. The quantitative estimate of drug-likeness (QED) is 0.532. The Kier molecular flexibility index (Phi) is 4.63. The molecule has 0 aliphatic carbocycles. The van der Waals surface area contributed by atoms with Gasteiger partial charge in [-0.25, -0.2) is 9.97 Å². The first-order valence-electron chi connectivity index (χ1n) is 5.24. The van der Waals surface area contributed by atoms with Gasteiger partial charge in [0, 0.05) is 6.20 Å². The van der Waals surface area contributed by atoms with Crippen molar-refractivity contribution < 1.29 is 4.79 Å². The van der Waals surface area contributed by atoms with Crippen LogP contribution in [0.25, 0.3) is 0 Å². The molecule has 1 amide bonds. The van der Waals surface area contributed by atoms with Crippen molar-refractivity contribution >= 4 is 46.6 Å². The van der Waals surface area contributed by atoms with E-state index in [1.807, 2.05) is 6.26 Å². The summed E-state index contributed by atoms with van der Waals surface area (Å²) in [4.78, 5) is 20.1. The number of thioether (sulfide) groups is 1. The molecule has 0 fully saturated rings. The number of anilines is 1. The maximum Gasteiger partial charge on any atom is 0.260 e. The van der Waals surface area contributed by atoms with Gasteiger partial charge < -0.3 is 5.32 Å². The van der Waals surface area contributed by atoms with E-state index in [2.05, 4.69) is 15.3 Å². The van der Waals surface area contributed by atoms with E-state index >= 15 is 0 Å². The third-order valence-corrected chi connectivity index (χ3v) is 3.45. The fourth-order valence-corrected chi connectivity index (χ4v) is 2.14. The van der Waals surface area contributed by atoms with Crippen LogP contribution in [0.15, 0.2) is 35.6 Å². The van der Waals surface area contributed by atoms with Crippen LogP contribution in [0.2, 0.25) is 10.2 Å². The number of benzene rings is 1. The highest BCUT2D eigenvalue weighted by atomic mass is 35.5. The molecule has 1 heterocycles. The van der Waals surface area contributed by atoms with Crippen molar-refractivity contribution in [3.63, 3.8) is 0 Å². The van der Waals surface area contributed by atoms with Crippen LogP contribution in [-0.4, -0.2) is 22.1 Å². The van der Waals surface area contributed by atoms with Crippen molar-refractivity contribution in [1.82, 2.24) is 9.97 Å². The molecule has 2 aromatic rings. The summed E-state index contributed by atoms with van der Waals surface area (Å²) >= 11 is 13.3. The van der Waals surface area contributed by atoms with E-state index in [0.717, 1.165) is 0 Å². The smallest absolute Gasteiger partial charge is 0.260 e. The Bertz CT molecular complexity index is 622. The number of rotatable bonds is 3. The van der Waals surface area contributed by atoms with Crippen LogP contribution in [0.4, 0.5) is 5.69 Å². The van der Waals surface area contributed by atoms with Crippen LogP contribution >= 0.6 is 35.0 Å². The molecule has 7 heteroatoms. The largest absolute Gasteiger partial charge is 0.320 e. The van der Waals surface area contributed by atoms with Gasteiger partial charge in [-0.2, -0.15) is 0 Å². The fourth-order valence-electron chi connectivity index (χ4n) is 1.35. The molecule has 0 bridgehead atoms. The highest BCUT2D eigenvalue weighted by Gasteiger charge is 2.14. The third-order valence-electron chi connectivity index (χ3n) is 2.27. The van der Waals surface area contributed by atoms with Gasteiger partial charge in [-0.1, -0.05) is 47.1 Å². The Hall–Kier alpha value is -1.30. The number of nitrogens with one attached hydrogen (secondary N) is 1. The zero-order valence-electron chi connectivity index (χ0n) is 9.85. The molecule has 2 rings (SSSR count). The molecule has 0 unspecified atom stereocenters. The second-order valence-corrected chi connectivity index (χ2v) is 5.03. The zero-order valence-corrected chi connectivity index (χ0v) is 12.2. The molecule has 0 radical (unpaired) electrons. The van der Waals surface area contributed by atoms with Crippen molar-refractivity contribution in [2.75, 3.05) is 11.6 Å². The van der Waals surface area contributed by atoms with Gasteiger partial charge in [0.05, 0.1) is 16.3 Å². The van der Waals surface area contributed by atoms with Gasteiger partial charge in [-0.05, 0) is 18.4 Å². The zero-order chi connectivity index (χ0) is 13.8. The molecular weight excluding hydrogens is 305 g/mol. The Morgan fingerprint density at radius 3 is 2.68 bits per heavy atom. The first kappa shape index (κ1) is 14.1. The molecular formula is C12H9Cl2N3OS. The van der Waals surface area contributed by atoms with Gasteiger partial charge in [0.2, 0.25) is 0 Å². The van der Waals surface area contributed by atoms with Crippen LogP contribution in [0.5, 0.6) is 0 Å². The first-order valence-corrected chi connectivity index (χ1v) is 7.22. The number of hydrogen-bond donors (Lipinski definition) is 1. The lowest BCUT2D eigenvalue weighted by molar-refractivity contribution is 0.102. The maximum atomic E-state index is 12.0. The Balaban J connectivity index is 2.23. The number of carbonyl (C=O) groups is 1. The minimum absolute atomic E-state index is 0.115. The van der Waals surface area contributed by atoms with Crippen molar-refractivity contribution in [3.05, 3.63) is 46.2 Å². The van der Waals surface area contributed by atoms with Gasteiger partial charge in [0.1, 0.15) is 5.15 Å². The fraction of sp³-hybridized carbons (Fsp3) is 0.0833. The van der Waals surface area contributed by atoms with Crippen LogP contribution in [0, 0.1) is 0 Å². The predicted molar refractivity (Wildman–Crippen MR) is 78.2 cm³/mol. The summed E-state index contributed by atoms with van der Waals surface area (Å²) in [6.07, 6.45) is 3.22. The summed E-state index contributed by atoms with van der Waals surface area (Å²) in [7, 11) is 0. The van der Waals surface area contributed by atoms with Crippen LogP contribution in [0.3, 0.4) is 0 Å². The molecule has 1 aromatic heterocycles. The molecule has 0 aliphatic heterocycles. The number of amides is 1. The van der Waals surface area contributed by atoms with E-state index < -0.39 is 5.91 Å². The van der Waals surface area contributed by atoms with Crippen molar-refractivity contribution in [1.29, 1.82) is 0 Å². The number of aromatic nitrogens is 2. The average molecular weight is 314 g/mol. The number of halogens is 2. The molecule has 0 aliphatic rings. The lowest BCUT2D eigenvalue weighted by atomic mass is 10.3. The van der Waals surface area contributed by atoms with Crippen molar-refractivity contribution in [3.8, 4) is 0 Å². The number of para-hydroxylation sites is 1. The van der Waals surface area contributed by atoms with Gasteiger partial charge in [-0.3, -0.25) is 4.79 Å². The highest BCUT2D eigenvalue weighted by Crippen LogP contribution is 2.23. The molecule has 1 aromatic carbocycles. The first-order chi connectivity index (χ1) is 9.11. The van der Waals surface area contributed by atoms with Crippen LogP contribution in [0.1, 0.15) is 10.4 Å². The standard InChI is InChI=1S/C12H9Cl2N3OS/c1-19-12-15-6-7(10(14)17-12)11(18)16-9-5-3-2-4-8(9)13/h2-6H,1H3,(H,16,18). The Morgan fingerprint density at radius 1 is 1.32 bits per heavy atom. The number of hydrogen-bond acceptors (Lipinski definition) is 4. The lowest BCUT2D eigenvalue weighted by Gasteiger charge is -2.07. The molecule has 19 heavy (non-hydrogen) atoms. The number of carbonyl (C=O) groups excluding carboxylic acids is 1. The summed E-state index contributed by atoms with van der Waals surface area (Å²) in [5.41, 5.74) is 0.721. The van der Waals surface area contributed by atoms with E-state index in [-0.39, 0.29) is 10.7 Å². The Labute approximate surface area is 124 Å². The minimum atomic E-state index is -0.397. The molecule has 0 spiro atoms. The molecule has 0 saturated carbocycles. The highest BCUT2D eigenvalue weighted by molar-refractivity contribution is 7.98. The van der Waals surface area contributed by atoms with Crippen molar-refractivity contribution in [2.45, 2.75) is 5.16 Å². The molecule has 0 saturated heterocycles. The van der Waals surface area contributed by atoms with Gasteiger partial charge >= 0.3 is 0 Å². The summed E-state index contributed by atoms with van der Waals surface area (Å²) in [6, 6.07) is 6.94. The normalized spacial score (nSPS) is 10.3. The average Bonchev–Trinajstić information content (AvgIpc) is 2.41. The van der Waals surface area contributed by atoms with Gasteiger partial charge in [-0.15, -0.1) is 0 Å². The predicted octanol–water partition coefficient (Wildman–Crippen LogP) is 3.76. The van der Waals surface area contributed by atoms with E-state index in [1.54, 1.807) is 24.3 Å². The second-order valence-electron chi connectivity index (χ2n) is 3.50. The maximum absolute atomic E-state index is 12.0. The van der Waals surface area contributed by atoms with Gasteiger partial charge in [0.15, 0.2) is 5.16 Å². The van der Waals surface area contributed by atoms with Gasteiger partial charge in [0.25, 0.3) is 5.91 Å².